The van der Waals surface area contributed by atoms with Crippen molar-refractivity contribution in [3.63, 3.8) is 0 Å². The predicted molar refractivity (Wildman–Crippen MR) is 54.8 cm³/mol. The van der Waals surface area contributed by atoms with Gasteiger partial charge in [-0.1, -0.05) is 12.1 Å². The third kappa shape index (κ3) is 3.69. The van der Waals surface area contributed by atoms with Gasteiger partial charge in [0.05, 0.1) is 17.8 Å². The van der Waals surface area contributed by atoms with E-state index in [2.05, 4.69) is 5.32 Å². The van der Waals surface area contributed by atoms with Gasteiger partial charge in [-0.25, -0.2) is 0 Å². The van der Waals surface area contributed by atoms with Crippen LogP contribution in [0.5, 0.6) is 0 Å². The summed E-state index contributed by atoms with van der Waals surface area (Å²) >= 11 is 0. The van der Waals surface area contributed by atoms with Crippen molar-refractivity contribution in [3.8, 4) is 0 Å². The van der Waals surface area contributed by atoms with E-state index >= 15 is 0 Å². The van der Waals surface area contributed by atoms with Crippen LogP contribution in [0.25, 0.3) is 0 Å². The van der Waals surface area contributed by atoms with Crippen LogP contribution in [0.1, 0.15) is 12.0 Å². The van der Waals surface area contributed by atoms with Gasteiger partial charge in [0.25, 0.3) is 0 Å². The van der Waals surface area contributed by atoms with Gasteiger partial charge in [0, 0.05) is 6.54 Å². The van der Waals surface area contributed by atoms with E-state index in [9.17, 15) is 13.2 Å². The van der Waals surface area contributed by atoms with Gasteiger partial charge in [0.2, 0.25) is 0 Å². The SMILES string of the molecule is Cc1cccc(N)c1NCCC(F)(F)F. The first-order valence-electron chi connectivity index (χ1n) is 4.56. The third-order valence-corrected chi connectivity index (χ3v) is 2.02. The van der Waals surface area contributed by atoms with Crippen LogP contribution < -0.4 is 11.1 Å². The van der Waals surface area contributed by atoms with Crippen molar-refractivity contribution < 1.29 is 13.2 Å². The fourth-order valence-corrected chi connectivity index (χ4v) is 1.26. The molecule has 0 spiro atoms. The average molecular weight is 218 g/mol. The molecule has 5 heteroatoms. The quantitative estimate of drug-likeness (QED) is 0.765. The van der Waals surface area contributed by atoms with E-state index in [1.54, 1.807) is 25.1 Å². The topological polar surface area (TPSA) is 38.0 Å². The summed E-state index contributed by atoms with van der Waals surface area (Å²) in [6.07, 6.45) is -4.99. The summed E-state index contributed by atoms with van der Waals surface area (Å²) in [6, 6.07) is 5.22. The van der Waals surface area contributed by atoms with Crippen molar-refractivity contribution in [2.24, 2.45) is 0 Å². The lowest BCUT2D eigenvalue weighted by molar-refractivity contribution is -0.131. The molecule has 0 aliphatic rings. The van der Waals surface area contributed by atoms with E-state index in [4.69, 9.17) is 5.73 Å². The highest BCUT2D eigenvalue weighted by Gasteiger charge is 2.26. The molecule has 0 aliphatic carbocycles. The Hall–Kier alpha value is -1.39. The van der Waals surface area contributed by atoms with Crippen LogP contribution in [-0.2, 0) is 0 Å². The van der Waals surface area contributed by atoms with Crippen LogP contribution >= 0.6 is 0 Å². The maximum atomic E-state index is 11.9. The van der Waals surface area contributed by atoms with Crippen molar-refractivity contribution >= 4 is 11.4 Å². The summed E-state index contributed by atoms with van der Waals surface area (Å²) in [5.74, 6) is 0. The molecule has 0 fully saturated rings. The fraction of sp³-hybridized carbons (Fsp3) is 0.400. The highest BCUT2D eigenvalue weighted by Crippen LogP contribution is 2.24. The molecule has 2 nitrogen and oxygen atoms in total. The van der Waals surface area contributed by atoms with Gasteiger partial charge < -0.3 is 11.1 Å². The Morgan fingerprint density at radius 1 is 1.33 bits per heavy atom. The minimum atomic E-state index is -4.13. The number of nitrogens with one attached hydrogen (secondary N) is 1. The van der Waals surface area contributed by atoms with Crippen LogP contribution in [0, 0.1) is 6.92 Å². The van der Waals surface area contributed by atoms with Gasteiger partial charge in [-0.15, -0.1) is 0 Å². The van der Waals surface area contributed by atoms with Crippen LogP contribution in [0.3, 0.4) is 0 Å². The lowest BCUT2D eigenvalue weighted by Gasteiger charge is -2.13. The molecule has 0 saturated heterocycles. The van der Waals surface area contributed by atoms with E-state index < -0.39 is 12.6 Å². The van der Waals surface area contributed by atoms with Gasteiger partial charge in [-0.3, -0.25) is 0 Å². The number of alkyl halides is 3. The summed E-state index contributed by atoms with van der Waals surface area (Å²) in [7, 11) is 0. The van der Waals surface area contributed by atoms with E-state index in [1.807, 2.05) is 0 Å². The molecule has 1 rings (SSSR count). The monoisotopic (exact) mass is 218 g/mol. The number of benzene rings is 1. The van der Waals surface area contributed by atoms with E-state index in [0.717, 1.165) is 5.56 Å². The van der Waals surface area contributed by atoms with Crippen molar-refractivity contribution in [2.45, 2.75) is 19.5 Å². The molecular formula is C10H13F3N2. The van der Waals surface area contributed by atoms with Crippen molar-refractivity contribution in [1.82, 2.24) is 0 Å². The molecule has 3 N–H and O–H groups in total. The maximum Gasteiger partial charge on any atom is 0.390 e. The predicted octanol–water partition coefficient (Wildman–Crippen LogP) is 2.94. The Morgan fingerprint density at radius 2 is 2.00 bits per heavy atom. The van der Waals surface area contributed by atoms with Crippen molar-refractivity contribution in [1.29, 1.82) is 0 Å². The summed E-state index contributed by atoms with van der Waals surface area (Å²) in [5.41, 5.74) is 7.53. The van der Waals surface area contributed by atoms with E-state index in [0.29, 0.717) is 11.4 Å². The molecule has 15 heavy (non-hydrogen) atoms. The molecule has 0 aliphatic heterocycles. The molecular weight excluding hydrogens is 205 g/mol. The van der Waals surface area contributed by atoms with Crippen LogP contribution in [0.4, 0.5) is 24.5 Å². The molecule has 0 bridgehead atoms. The normalized spacial score (nSPS) is 11.5. The standard InChI is InChI=1S/C10H13F3N2/c1-7-3-2-4-8(14)9(7)15-6-5-10(11,12)13/h2-4,15H,5-6,14H2,1H3. The Labute approximate surface area is 86.3 Å². The van der Waals surface area contributed by atoms with Crippen LogP contribution in [0.15, 0.2) is 18.2 Å². The first-order chi connectivity index (χ1) is 6.90. The zero-order valence-corrected chi connectivity index (χ0v) is 8.36. The second-order valence-electron chi connectivity index (χ2n) is 3.33. The van der Waals surface area contributed by atoms with Gasteiger partial charge in [-0.2, -0.15) is 13.2 Å². The zero-order valence-electron chi connectivity index (χ0n) is 8.36. The highest BCUT2D eigenvalue weighted by atomic mass is 19.4. The second kappa shape index (κ2) is 4.42. The number of halogens is 3. The molecule has 0 atom stereocenters. The Morgan fingerprint density at radius 3 is 2.53 bits per heavy atom. The lowest BCUT2D eigenvalue weighted by Crippen LogP contribution is -2.15. The number of nitrogens with two attached hydrogens (primary N) is 1. The highest BCUT2D eigenvalue weighted by molar-refractivity contribution is 5.69. The molecule has 0 heterocycles. The summed E-state index contributed by atoms with van der Waals surface area (Å²) < 4.78 is 35.7. The number of hydrogen-bond donors (Lipinski definition) is 2. The number of anilines is 2. The lowest BCUT2D eigenvalue weighted by atomic mass is 10.1. The van der Waals surface area contributed by atoms with E-state index in [1.165, 1.54) is 0 Å². The number of nitrogen functional groups attached to an aromatic ring is 1. The van der Waals surface area contributed by atoms with Gasteiger partial charge >= 0.3 is 6.18 Å². The maximum absolute atomic E-state index is 11.9. The molecule has 0 radical (unpaired) electrons. The van der Waals surface area contributed by atoms with Crippen molar-refractivity contribution in [2.75, 3.05) is 17.6 Å². The largest absolute Gasteiger partial charge is 0.397 e. The molecule has 0 unspecified atom stereocenters. The molecule has 0 aromatic heterocycles. The molecule has 0 saturated carbocycles. The number of aryl methyl sites for hydroxylation is 1. The number of hydrogen-bond acceptors (Lipinski definition) is 2. The molecule has 0 amide bonds. The van der Waals surface area contributed by atoms with Crippen LogP contribution in [0.2, 0.25) is 0 Å². The summed E-state index contributed by atoms with van der Waals surface area (Å²) in [5, 5.41) is 2.69. The van der Waals surface area contributed by atoms with Gasteiger partial charge in [0.1, 0.15) is 0 Å². The minimum Gasteiger partial charge on any atom is -0.397 e. The second-order valence-corrected chi connectivity index (χ2v) is 3.33. The third-order valence-electron chi connectivity index (χ3n) is 2.02. The fourth-order valence-electron chi connectivity index (χ4n) is 1.26. The molecule has 1 aromatic rings. The van der Waals surface area contributed by atoms with Gasteiger partial charge in [-0.05, 0) is 18.6 Å². The zero-order chi connectivity index (χ0) is 11.5. The smallest absolute Gasteiger partial charge is 0.390 e. The summed E-state index contributed by atoms with van der Waals surface area (Å²) in [6.45, 7) is 1.64. The average Bonchev–Trinajstić information content (AvgIpc) is 2.08. The van der Waals surface area contributed by atoms with Crippen LogP contribution in [-0.4, -0.2) is 12.7 Å². The number of rotatable bonds is 3. The summed E-state index contributed by atoms with van der Waals surface area (Å²) in [4.78, 5) is 0. The Balaban J connectivity index is 2.58. The first kappa shape index (κ1) is 11.7. The van der Waals surface area contributed by atoms with Crippen molar-refractivity contribution in [3.05, 3.63) is 23.8 Å². The first-order valence-corrected chi connectivity index (χ1v) is 4.56. The Kier molecular flexibility index (Phi) is 3.44. The number of para-hydroxylation sites is 1. The van der Waals surface area contributed by atoms with E-state index in [-0.39, 0.29) is 6.54 Å². The molecule has 84 valence electrons. The molecule has 1 aromatic carbocycles. The van der Waals surface area contributed by atoms with Gasteiger partial charge in [0.15, 0.2) is 0 Å². The minimum absolute atomic E-state index is 0.154. The Bertz CT molecular complexity index is 314.